The molecule has 0 atom stereocenters. The van der Waals surface area contributed by atoms with Crippen LogP contribution in [0.15, 0.2) is 10.4 Å². The van der Waals surface area contributed by atoms with Crippen LogP contribution in [0.2, 0.25) is 0 Å². The first-order chi connectivity index (χ1) is 11.8. The van der Waals surface area contributed by atoms with E-state index in [-0.39, 0.29) is 6.54 Å². The second kappa shape index (κ2) is 8.84. The molecule has 1 fully saturated rings. The number of halogens is 3. The highest BCUT2D eigenvalue weighted by molar-refractivity contribution is 7.09. The zero-order chi connectivity index (χ0) is 18.4. The average Bonchev–Trinajstić information content (AvgIpc) is 3.02. The Hall–Kier alpha value is -1.35. The van der Waals surface area contributed by atoms with Gasteiger partial charge in [-0.1, -0.05) is 13.8 Å². The number of hydrogen-bond acceptors (Lipinski definition) is 4. The third-order valence-electron chi connectivity index (χ3n) is 4.02. The Labute approximate surface area is 150 Å². The van der Waals surface area contributed by atoms with Gasteiger partial charge in [0.05, 0.1) is 6.54 Å². The number of thiazole rings is 1. The van der Waals surface area contributed by atoms with Crippen LogP contribution in [0.3, 0.4) is 0 Å². The van der Waals surface area contributed by atoms with E-state index in [2.05, 4.69) is 39.4 Å². The lowest BCUT2D eigenvalue weighted by atomic mass is 10.0. The lowest BCUT2D eigenvalue weighted by Gasteiger charge is -2.33. The number of aromatic nitrogens is 1. The van der Waals surface area contributed by atoms with E-state index in [9.17, 15) is 13.2 Å². The van der Waals surface area contributed by atoms with Gasteiger partial charge >= 0.3 is 6.18 Å². The Balaban J connectivity index is 1.77. The molecule has 25 heavy (non-hydrogen) atoms. The van der Waals surface area contributed by atoms with Gasteiger partial charge in [-0.05, 0) is 18.8 Å². The fourth-order valence-electron chi connectivity index (χ4n) is 2.85. The molecule has 0 aliphatic carbocycles. The molecule has 0 bridgehead atoms. The van der Waals surface area contributed by atoms with Crippen molar-refractivity contribution in [1.29, 1.82) is 0 Å². The van der Waals surface area contributed by atoms with Crippen molar-refractivity contribution in [2.75, 3.05) is 26.7 Å². The Morgan fingerprint density at radius 3 is 2.60 bits per heavy atom. The van der Waals surface area contributed by atoms with Crippen LogP contribution in [-0.4, -0.2) is 48.6 Å². The maximum absolute atomic E-state index is 12.6. The number of likely N-dealkylation sites (tertiary alicyclic amines) is 1. The second-order valence-electron chi connectivity index (χ2n) is 6.66. The number of aliphatic imine (C=N–C) groups is 1. The summed E-state index contributed by atoms with van der Waals surface area (Å²) in [6, 6.07) is 0.330. The molecule has 9 heteroatoms. The topological polar surface area (TPSA) is 52.6 Å². The summed E-state index contributed by atoms with van der Waals surface area (Å²) >= 11 is 0.998. The largest absolute Gasteiger partial charge is 0.434 e. The van der Waals surface area contributed by atoms with E-state index in [0.717, 1.165) is 49.2 Å². The molecule has 2 N–H and O–H groups in total. The molecular weight excluding hydrogens is 351 g/mol. The van der Waals surface area contributed by atoms with Gasteiger partial charge in [-0.3, -0.25) is 4.99 Å². The fraction of sp³-hybridized carbons (Fsp3) is 0.750. The van der Waals surface area contributed by atoms with Gasteiger partial charge in [-0.2, -0.15) is 13.2 Å². The molecule has 1 saturated heterocycles. The average molecular weight is 377 g/mol. The monoisotopic (exact) mass is 377 g/mol. The maximum Gasteiger partial charge on any atom is 0.434 e. The molecule has 1 aliphatic heterocycles. The minimum atomic E-state index is -4.39. The Kier molecular flexibility index (Phi) is 7.06. The number of piperidine rings is 1. The Bertz CT molecular complexity index is 562. The van der Waals surface area contributed by atoms with E-state index in [4.69, 9.17) is 0 Å². The molecule has 142 valence electrons. The van der Waals surface area contributed by atoms with Gasteiger partial charge in [0.1, 0.15) is 5.01 Å². The molecule has 0 aromatic carbocycles. The normalized spacial score (nSPS) is 18.0. The number of guanidine groups is 1. The van der Waals surface area contributed by atoms with Crippen LogP contribution in [0.4, 0.5) is 13.2 Å². The summed E-state index contributed by atoms with van der Waals surface area (Å²) in [4.78, 5) is 10.2. The first kappa shape index (κ1) is 20.0. The van der Waals surface area contributed by atoms with E-state index in [0.29, 0.717) is 22.9 Å². The van der Waals surface area contributed by atoms with Crippen molar-refractivity contribution in [2.45, 2.75) is 45.5 Å². The van der Waals surface area contributed by atoms with Crippen molar-refractivity contribution in [1.82, 2.24) is 20.5 Å². The molecule has 0 unspecified atom stereocenters. The molecule has 2 rings (SSSR count). The van der Waals surface area contributed by atoms with Gasteiger partial charge in [0.25, 0.3) is 0 Å². The van der Waals surface area contributed by atoms with Crippen molar-refractivity contribution < 1.29 is 13.2 Å². The summed E-state index contributed by atoms with van der Waals surface area (Å²) in [6.45, 7) is 7.89. The van der Waals surface area contributed by atoms with Gasteiger partial charge in [0, 0.05) is 38.1 Å². The van der Waals surface area contributed by atoms with Gasteiger partial charge in [0.15, 0.2) is 11.7 Å². The summed E-state index contributed by atoms with van der Waals surface area (Å²) in [5.41, 5.74) is -0.838. The van der Waals surface area contributed by atoms with Crippen molar-refractivity contribution in [2.24, 2.45) is 10.9 Å². The number of nitrogens with one attached hydrogen (secondary N) is 2. The SMILES string of the molecule is CN=C(NCc1nc(C(F)(F)F)cs1)NC1CCN(CC(C)C)CC1. The van der Waals surface area contributed by atoms with E-state index in [1.807, 2.05) is 0 Å². The molecule has 0 radical (unpaired) electrons. The predicted octanol–water partition coefficient (Wildman–Crippen LogP) is 2.95. The number of rotatable bonds is 5. The first-order valence-corrected chi connectivity index (χ1v) is 9.37. The summed E-state index contributed by atoms with van der Waals surface area (Å²) in [5.74, 6) is 1.27. The molecule has 5 nitrogen and oxygen atoms in total. The zero-order valence-corrected chi connectivity index (χ0v) is 15.7. The van der Waals surface area contributed by atoms with E-state index in [1.165, 1.54) is 0 Å². The lowest BCUT2D eigenvalue weighted by molar-refractivity contribution is -0.140. The number of nitrogens with zero attached hydrogens (tertiary/aromatic N) is 3. The Morgan fingerprint density at radius 1 is 1.40 bits per heavy atom. The smallest absolute Gasteiger partial charge is 0.354 e. The Morgan fingerprint density at radius 2 is 2.08 bits per heavy atom. The van der Waals surface area contributed by atoms with E-state index < -0.39 is 11.9 Å². The van der Waals surface area contributed by atoms with Gasteiger partial charge in [-0.15, -0.1) is 11.3 Å². The first-order valence-electron chi connectivity index (χ1n) is 8.49. The molecule has 1 aromatic rings. The van der Waals surface area contributed by atoms with Gasteiger partial charge in [0.2, 0.25) is 0 Å². The van der Waals surface area contributed by atoms with Crippen molar-refractivity contribution in [3.8, 4) is 0 Å². The van der Waals surface area contributed by atoms with Crippen LogP contribution in [0, 0.1) is 5.92 Å². The fourth-order valence-corrected chi connectivity index (χ4v) is 3.59. The highest BCUT2D eigenvalue weighted by atomic mass is 32.1. The van der Waals surface area contributed by atoms with E-state index in [1.54, 1.807) is 7.05 Å². The van der Waals surface area contributed by atoms with Crippen LogP contribution in [0.1, 0.15) is 37.4 Å². The van der Waals surface area contributed by atoms with Crippen molar-refractivity contribution >= 4 is 17.3 Å². The molecule has 2 heterocycles. The minimum Gasteiger partial charge on any atom is -0.354 e. The molecular formula is C16H26F3N5S. The molecule has 0 saturated carbocycles. The molecule has 0 spiro atoms. The van der Waals surface area contributed by atoms with Crippen molar-refractivity contribution in [3.05, 3.63) is 16.1 Å². The summed E-state index contributed by atoms with van der Waals surface area (Å²) in [6.07, 6.45) is -2.33. The molecule has 1 aliphatic rings. The third-order valence-corrected chi connectivity index (χ3v) is 4.87. The molecule has 0 amide bonds. The zero-order valence-electron chi connectivity index (χ0n) is 14.9. The van der Waals surface area contributed by atoms with Crippen LogP contribution < -0.4 is 10.6 Å². The standard InChI is InChI=1S/C16H26F3N5S/c1-11(2)9-24-6-4-12(5-7-24)22-15(20-3)21-8-14-23-13(10-25-14)16(17,18)19/h10-12H,4-9H2,1-3H3,(H2,20,21,22). The van der Waals surface area contributed by atoms with Gasteiger partial charge < -0.3 is 15.5 Å². The van der Waals surface area contributed by atoms with Crippen LogP contribution in [0.25, 0.3) is 0 Å². The maximum atomic E-state index is 12.6. The van der Waals surface area contributed by atoms with Crippen LogP contribution in [0.5, 0.6) is 0 Å². The summed E-state index contributed by atoms with van der Waals surface area (Å²) in [5, 5.41) is 7.83. The summed E-state index contributed by atoms with van der Waals surface area (Å²) in [7, 11) is 1.66. The third kappa shape index (κ3) is 6.47. The molecule has 1 aromatic heterocycles. The van der Waals surface area contributed by atoms with Crippen LogP contribution in [-0.2, 0) is 12.7 Å². The quantitative estimate of drug-likeness (QED) is 0.612. The lowest BCUT2D eigenvalue weighted by Crippen LogP contribution is -2.48. The summed E-state index contributed by atoms with van der Waals surface area (Å²) < 4.78 is 37.7. The number of hydrogen-bond donors (Lipinski definition) is 2. The van der Waals surface area contributed by atoms with Crippen LogP contribution >= 0.6 is 11.3 Å². The second-order valence-corrected chi connectivity index (χ2v) is 7.61. The number of alkyl halides is 3. The predicted molar refractivity (Wildman–Crippen MR) is 94.8 cm³/mol. The highest BCUT2D eigenvalue weighted by Crippen LogP contribution is 2.29. The van der Waals surface area contributed by atoms with Crippen molar-refractivity contribution in [3.63, 3.8) is 0 Å². The van der Waals surface area contributed by atoms with E-state index >= 15 is 0 Å². The highest BCUT2D eigenvalue weighted by Gasteiger charge is 2.33. The van der Waals surface area contributed by atoms with Gasteiger partial charge in [-0.25, -0.2) is 4.98 Å². The minimum absolute atomic E-state index is 0.229.